The molecule has 33 heavy (non-hydrogen) atoms. The van der Waals surface area contributed by atoms with E-state index >= 15 is 0 Å². The second-order valence-electron chi connectivity index (χ2n) is 9.86. The largest absolute Gasteiger partial charge is 0.378 e. The molecule has 3 aromatic rings. The average molecular weight is 437 g/mol. The summed E-state index contributed by atoms with van der Waals surface area (Å²) in [5.74, 6) is 2.38. The Morgan fingerprint density at radius 1 is 0.879 bits per heavy atom. The highest BCUT2D eigenvalue weighted by molar-refractivity contribution is 6.05. The van der Waals surface area contributed by atoms with Crippen LogP contribution in [0.5, 0.6) is 0 Å². The molecule has 2 fully saturated rings. The van der Waals surface area contributed by atoms with Crippen molar-refractivity contribution >= 4 is 23.1 Å². The van der Waals surface area contributed by atoms with E-state index in [1.807, 2.05) is 12.1 Å². The maximum Gasteiger partial charge on any atom is 0.255 e. The number of amides is 1. The smallest absolute Gasteiger partial charge is 0.255 e. The Balaban J connectivity index is 1.33. The molecule has 3 aliphatic rings. The van der Waals surface area contributed by atoms with Crippen LogP contribution in [0.3, 0.4) is 0 Å². The number of hydrogen-bond donors (Lipinski definition) is 2. The van der Waals surface area contributed by atoms with Gasteiger partial charge in [-0.05, 0) is 91.3 Å². The fourth-order valence-electron chi connectivity index (χ4n) is 6.64. The van der Waals surface area contributed by atoms with Crippen molar-refractivity contribution < 1.29 is 9.59 Å². The van der Waals surface area contributed by atoms with Crippen molar-refractivity contribution in [3.63, 3.8) is 0 Å². The number of ketones is 1. The van der Waals surface area contributed by atoms with Crippen molar-refractivity contribution in [2.45, 2.75) is 38.1 Å². The van der Waals surface area contributed by atoms with Crippen molar-refractivity contribution in [3.8, 4) is 0 Å². The number of nitrogens with one attached hydrogen (secondary N) is 2. The average Bonchev–Trinajstić information content (AvgIpc) is 3.47. The van der Waals surface area contributed by atoms with Gasteiger partial charge in [-0.3, -0.25) is 9.59 Å². The molecule has 1 aliphatic heterocycles. The number of rotatable bonds is 4. The van der Waals surface area contributed by atoms with E-state index in [1.165, 1.54) is 37.3 Å². The molecule has 166 valence electrons. The molecule has 6 rings (SSSR count). The second-order valence-corrected chi connectivity index (χ2v) is 9.86. The summed E-state index contributed by atoms with van der Waals surface area (Å²) < 4.78 is 0. The van der Waals surface area contributed by atoms with E-state index in [0.29, 0.717) is 40.6 Å². The molecule has 0 aromatic heterocycles. The van der Waals surface area contributed by atoms with Crippen LogP contribution in [0.4, 0.5) is 11.4 Å². The highest BCUT2D eigenvalue weighted by atomic mass is 16.1. The Morgan fingerprint density at radius 2 is 1.70 bits per heavy atom. The van der Waals surface area contributed by atoms with E-state index in [0.717, 1.165) is 11.6 Å². The minimum Gasteiger partial charge on any atom is -0.378 e. The van der Waals surface area contributed by atoms with Crippen LogP contribution < -0.4 is 10.6 Å². The summed E-state index contributed by atoms with van der Waals surface area (Å²) in [6, 6.07) is 24.3. The lowest BCUT2D eigenvalue weighted by atomic mass is 9.68. The molecule has 2 aliphatic carbocycles. The summed E-state index contributed by atoms with van der Waals surface area (Å²) in [6.45, 7) is 1.53. The zero-order valence-electron chi connectivity index (χ0n) is 18.8. The minimum absolute atomic E-state index is 0.0127. The Labute approximate surface area is 194 Å². The molecule has 1 amide bonds. The van der Waals surface area contributed by atoms with Crippen LogP contribution in [0.2, 0.25) is 0 Å². The first-order valence-electron chi connectivity index (χ1n) is 12.0. The van der Waals surface area contributed by atoms with Gasteiger partial charge in [0, 0.05) is 22.5 Å². The number of Topliss-reactive ketones (excluding diaryl/α,β-unsaturated/α-hetero) is 1. The summed E-state index contributed by atoms with van der Waals surface area (Å²) >= 11 is 0. The fraction of sp³-hybridized carbons (Fsp3) is 0.310. The lowest BCUT2D eigenvalue weighted by Crippen LogP contribution is -2.35. The number of hydrogen-bond acceptors (Lipinski definition) is 3. The maximum absolute atomic E-state index is 13.1. The molecule has 0 spiro atoms. The Morgan fingerprint density at radius 3 is 2.52 bits per heavy atom. The lowest BCUT2D eigenvalue weighted by Gasteiger charge is -2.43. The first-order chi connectivity index (χ1) is 16.1. The Hall–Kier alpha value is -3.40. The van der Waals surface area contributed by atoms with E-state index in [9.17, 15) is 9.59 Å². The summed E-state index contributed by atoms with van der Waals surface area (Å²) in [5, 5.41) is 6.81. The number of benzene rings is 3. The van der Waals surface area contributed by atoms with Gasteiger partial charge in [-0.2, -0.15) is 0 Å². The molecule has 3 aromatic carbocycles. The van der Waals surface area contributed by atoms with Crippen LogP contribution in [-0.4, -0.2) is 11.7 Å². The molecule has 0 radical (unpaired) electrons. The lowest BCUT2D eigenvalue weighted by molar-refractivity contribution is 0.101. The number of anilines is 2. The summed E-state index contributed by atoms with van der Waals surface area (Å²) in [6.07, 6.45) is 3.91. The maximum atomic E-state index is 13.1. The molecule has 5 atom stereocenters. The van der Waals surface area contributed by atoms with E-state index in [4.69, 9.17) is 0 Å². The van der Waals surface area contributed by atoms with E-state index in [-0.39, 0.29) is 11.7 Å². The topological polar surface area (TPSA) is 58.2 Å². The van der Waals surface area contributed by atoms with Crippen molar-refractivity contribution in [1.82, 2.24) is 0 Å². The van der Waals surface area contributed by atoms with E-state index in [1.54, 1.807) is 18.2 Å². The SMILES string of the molecule is CC(=O)c1cccc(NC(=O)c2ccc3c(c2)[C@@H]2[C@H]4CC[C@@H](C4)[C@H]2[C@@H](c2ccccc2)N3)c1. The van der Waals surface area contributed by atoms with Gasteiger partial charge in [0.25, 0.3) is 5.91 Å². The van der Waals surface area contributed by atoms with Crippen molar-refractivity contribution in [1.29, 1.82) is 0 Å². The van der Waals surface area contributed by atoms with Gasteiger partial charge in [0.05, 0.1) is 6.04 Å². The van der Waals surface area contributed by atoms with Gasteiger partial charge in [0.2, 0.25) is 0 Å². The quantitative estimate of drug-likeness (QED) is 0.463. The van der Waals surface area contributed by atoms with Crippen LogP contribution in [0, 0.1) is 17.8 Å². The zero-order chi connectivity index (χ0) is 22.5. The monoisotopic (exact) mass is 436 g/mol. The molecular weight excluding hydrogens is 408 g/mol. The molecule has 2 bridgehead atoms. The standard InChI is InChI=1S/C29H28N2O2/c1-17(32)19-8-5-9-23(15-19)30-29(33)22-12-13-25-24(16-22)26-20-10-11-21(14-20)27(26)28(31-25)18-6-3-2-4-7-18/h2-9,12-13,15-16,20-21,26-28,31H,10-11,14H2,1H3,(H,30,33)/t20-,21-,26-,27+,28+/m0/s1. The third kappa shape index (κ3) is 3.45. The van der Waals surface area contributed by atoms with Gasteiger partial charge in [-0.25, -0.2) is 0 Å². The van der Waals surface area contributed by atoms with Gasteiger partial charge in [0.1, 0.15) is 0 Å². The van der Waals surface area contributed by atoms with Crippen molar-refractivity contribution in [3.05, 3.63) is 95.1 Å². The van der Waals surface area contributed by atoms with E-state index in [2.05, 4.69) is 53.1 Å². The van der Waals surface area contributed by atoms with Crippen LogP contribution in [0.1, 0.15) is 70.0 Å². The number of fused-ring (bicyclic) bond motifs is 7. The Bertz CT molecular complexity index is 1240. The van der Waals surface area contributed by atoms with Gasteiger partial charge in [0.15, 0.2) is 5.78 Å². The summed E-state index contributed by atoms with van der Waals surface area (Å²) in [4.78, 5) is 24.8. The Kier molecular flexibility index (Phi) is 4.83. The molecule has 2 N–H and O–H groups in total. The highest BCUT2D eigenvalue weighted by Gasteiger charge is 2.53. The van der Waals surface area contributed by atoms with Crippen LogP contribution in [0.25, 0.3) is 0 Å². The third-order valence-corrected chi connectivity index (χ3v) is 8.04. The first-order valence-corrected chi connectivity index (χ1v) is 12.0. The van der Waals surface area contributed by atoms with Gasteiger partial charge >= 0.3 is 0 Å². The number of carbonyl (C=O) groups is 2. The van der Waals surface area contributed by atoms with Gasteiger partial charge in [-0.1, -0.05) is 42.5 Å². The third-order valence-electron chi connectivity index (χ3n) is 8.04. The first kappa shape index (κ1) is 20.2. The highest BCUT2D eigenvalue weighted by Crippen LogP contribution is 2.63. The second kappa shape index (κ2) is 7.87. The van der Waals surface area contributed by atoms with Gasteiger partial charge in [-0.15, -0.1) is 0 Å². The van der Waals surface area contributed by atoms with Crippen LogP contribution in [-0.2, 0) is 0 Å². The predicted octanol–water partition coefficient (Wildman–Crippen LogP) is 6.44. The molecular formula is C29H28N2O2. The molecule has 0 unspecified atom stereocenters. The zero-order valence-corrected chi connectivity index (χ0v) is 18.8. The fourth-order valence-corrected chi connectivity index (χ4v) is 6.64. The predicted molar refractivity (Wildman–Crippen MR) is 131 cm³/mol. The van der Waals surface area contributed by atoms with Crippen molar-refractivity contribution in [2.75, 3.05) is 10.6 Å². The van der Waals surface area contributed by atoms with Crippen LogP contribution in [0.15, 0.2) is 72.8 Å². The number of carbonyl (C=O) groups excluding carboxylic acids is 2. The summed E-state index contributed by atoms with van der Waals surface area (Å²) in [5.41, 5.74) is 5.73. The van der Waals surface area contributed by atoms with Crippen molar-refractivity contribution in [2.24, 2.45) is 17.8 Å². The normalized spacial score (nSPS) is 26.8. The van der Waals surface area contributed by atoms with E-state index < -0.39 is 0 Å². The minimum atomic E-state index is -0.136. The van der Waals surface area contributed by atoms with Crippen LogP contribution >= 0.6 is 0 Å². The molecule has 2 saturated carbocycles. The molecule has 4 heteroatoms. The molecule has 1 heterocycles. The van der Waals surface area contributed by atoms with Gasteiger partial charge < -0.3 is 10.6 Å². The summed E-state index contributed by atoms with van der Waals surface area (Å²) in [7, 11) is 0. The molecule has 4 nitrogen and oxygen atoms in total. The molecule has 0 saturated heterocycles.